The molecule has 32 heavy (non-hydrogen) atoms. The van der Waals surface area contributed by atoms with Crippen LogP contribution in [-0.2, 0) is 13.1 Å². The highest BCUT2D eigenvalue weighted by Gasteiger charge is 2.14. The van der Waals surface area contributed by atoms with Crippen LogP contribution in [0, 0.1) is 6.92 Å². The van der Waals surface area contributed by atoms with Crippen molar-refractivity contribution < 1.29 is 4.79 Å². The lowest BCUT2D eigenvalue weighted by atomic mass is 10.1. The molecule has 0 bridgehead atoms. The van der Waals surface area contributed by atoms with E-state index in [-0.39, 0.29) is 5.91 Å². The molecule has 1 amide bonds. The van der Waals surface area contributed by atoms with E-state index >= 15 is 0 Å². The molecule has 0 spiro atoms. The minimum atomic E-state index is -0.212. The predicted molar refractivity (Wildman–Crippen MR) is 131 cm³/mol. The number of nitrogens with zero attached hydrogens (tertiary/aromatic N) is 2. The van der Waals surface area contributed by atoms with Gasteiger partial charge < -0.3 is 10.2 Å². The summed E-state index contributed by atoms with van der Waals surface area (Å²) >= 11 is 6.01. The average molecular weight is 442 g/mol. The Balaban J connectivity index is 1.57. The van der Waals surface area contributed by atoms with Gasteiger partial charge >= 0.3 is 0 Å². The zero-order valence-corrected chi connectivity index (χ0v) is 18.6. The number of aromatic nitrogens is 1. The molecule has 0 aliphatic rings. The molecule has 4 nitrogen and oxygen atoms in total. The van der Waals surface area contributed by atoms with E-state index in [1.54, 1.807) is 24.3 Å². The number of nitrogens with one attached hydrogen (secondary N) is 1. The number of hydrogen-bond acceptors (Lipinski definition) is 3. The van der Waals surface area contributed by atoms with Gasteiger partial charge in [-0.15, -0.1) is 0 Å². The van der Waals surface area contributed by atoms with Crippen LogP contribution in [0.4, 0.5) is 11.5 Å². The van der Waals surface area contributed by atoms with Crippen LogP contribution in [0.15, 0.2) is 97.1 Å². The molecular formula is C27H24ClN3O. The van der Waals surface area contributed by atoms with Gasteiger partial charge in [0.1, 0.15) is 5.82 Å². The molecule has 5 heteroatoms. The van der Waals surface area contributed by atoms with Crippen molar-refractivity contribution >= 4 is 29.0 Å². The highest BCUT2D eigenvalue weighted by atomic mass is 35.5. The Labute approximate surface area is 193 Å². The Hall–Kier alpha value is -3.63. The van der Waals surface area contributed by atoms with Gasteiger partial charge in [-0.3, -0.25) is 4.79 Å². The highest BCUT2D eigenvalue weighted by molar-refractivity contribution is 6.31. The van der Waals surface area contributed by atoms with Gasteiger partial charge in [0.2, 0.25) is 0 Å². The summed E-state index contributed by atoms with van der Waals surface area (Å²) in [7, 11) is 0. The van der Waals surface area contributed by atoms with Gasteiger partial charge in [0.05, 0.1) is 11.4 Å². The largest absolute Gasteiger partial charge is 0.348 e. The Morgan fingerprint density at radius 1 is 0.844 bits per heavy atom. The van der Waals surface area contributed by atoms with E-state index < -0.39 is 0 Å². The number of hydrogen-bond donors (Lipinski definition) is 1. The maximum atomic E-state index is 12.6. The smallest absolute Gasteiger partial charge is 0.255 e. The van der Waals surface area contributed by atoms with E-state index in [4.69, 9.17) is 16.6 Å². The molecule has 0 fully saturated rings. The number of amides is 1. The molecule has 1 aromatic heterocycles. The Kier molecular flexibility index (Phi) is 6.83. The molecular weight excluding hydrogens is 418 g/mol. The first-order valence-electron chi connectivity index (χ1n) is 10.5. The van der Waals surface area contributed by atoms with Gasteiger partial charge in [-0.25, -0.2) is 4.98 Å². The predicted octanol–water partition coefficient (Wildman–Crippen LogP) is 6.50. The summed E-state index contributed by atoms with van der Waals surface area (Å²) in [6.07, 6.45) is 0. The van der Waals surface area contributed by atoms with Crippen molar-refractivity contribution in [1.29, 1.82) is 0 Å². The average Bonchev–Trinajstić information content (AvgIpc) is 2.81. The van der Waals surface area contributed by atoms with Crippen LogP contribution in [0.25, 0.3) is 0 Å². The zero-order chi connectivity index (χ0) is 22.3. The van der Waals surface area contributed by atoms with Crippen LogP contribution < -0.4 is 10.2 Å². The van der Waals surface area contributed by atoms with Gasteiger partial charge in [-0.1, -0.05) is 78.3 Å². The summed E-state index contributed by atoms with van der Waals surface area (Å²) in [5, 5.41) is 3.47. The first-order valence-corrected chi connectivity index (χ1v) is 10.8. The summed E-state index contributed by atoms with van der Waals surface area (Å²) in [5.41, 5.74) is 4.36. The van der Waals surface area contributed by atoms with Crippen LogP contribution in [-0.4, -0.2) is 10.9 Å². The minimum absolute atomic E-state index is 0.212. The zero-order valence-electron chi connectivity index (χ0n) is 17.8. The van der Waals surface area contributed by atoms with Crippen molar-refractivity contribution in [3.8, 4) is 0 Å². The number of rotatable bonds is 7. The van der Waals surface area contributed by atoms with Crippen molar-refractivity contribution in [2.24, 2.45) is 0 Å². The summed E-state index contributed by atoms with van der Waals surface area (Å²) in [6.45, 7) is 3.37. The number of anilines is 2. The molecule has 160 valence electrons. The van der Waals surface area contributed by atoms with E-state index in [2.05, 4.69) is 34.5 Å². The molecule has 0 unspecified atom stereocenters. The highest BCUT2D eigenvalue weighted by Crippen LogP contribution is 2.23. The molecule has 1 N–H and O–H groups in total. The van der Waals surface area contributed by atoms with Crippen LogP contribution in [0.1, 0.15) is 27.2 Å². The Morgan fingerprint density at radius 3 is 2.03 bits per heavy atom. The number of aryl methyl sites for hydroxylation is 1. The molecule has 3 aromatic carbocycles. The number of pyridine rings is 1. The van der Waals surface area contributed by atoms with Gasteiger partial charge in [0.15, 0.2) is 0 Å². The normalized spacial score (nSPS) is 10.6. The molecule has 0 radical (unpaired) electrons. The van der Waals surface area contributed by atoms with E-state index in [0.717, 1.165) is 24.6 Å². The maximum absolute atomic E-state index is 12.6. The lowest BCUT2D eigenvalue weighted by Gasteiger charge is -2.25. The van der Waals surface area contributed by atoms with Gasteiger partial charge in [-0.05, 0) is 48.4 Å². The van der Waals surface area contributed by atoms with E-state index in [0.29, 0.717) is 16.3 Å². The first kappa shape index (κ1) is 21.6. The van der Waals surface area contributed by atoms with Crippen molar-refractivity contribution in [1.82, 2.24) is 4.98 Å². The number of halogens is 1. The summed E-state index contributed by atoms with van der Waals surface area (Å²) in [6, 6.07) is 31.4. The second-order valence-corrected chi connectivity index (χ2v) is 8.03. The fraction of sp³-hybridized carbons (Fsp3) is 0.111. The number of carbonyl (C=O) groups excluding carboxylic acids is 1. The van der Waals surface area contributed by atoms with Crippen LogP contribution in [0.2, 0.25) is 5.02 Å². The fourth-order valence-corrected chi connectivity index (χ4v) is 3.70. The minimum Gasteiger partial charge on any atom is -0.348 e. The lowest BCUT2D eigenvalue weighted by Crippen LogP contribution is -2.23. The molecule has 1 heterocycles. The Bertz CT molecular complexity index is 1150. The van der Waals surface area contributed by atoms with Crippen molar-refractivity contribution in [3.63, 3.8) is 0 Å². The van der Waals surface area contributed by atoms with Crippen molar-refractivity contribution in [2.75, 3.05) is 10.2 Å². The lowest BCUT2D eigenvalue weighted by molar-refractivity contribution is 0.102. The SMILES string of the molecule is Cc1nc(N(Cc2ccccc2)Cc2ccccc2)ccc1NC(=O)c1cccc(Cl)c1. The van der Waals surface area contributed by atoms with Gasteiger partial charge in [0, 0.05) is 23.7 Å². The molecule has 0 aliphatic carbocycles. The second kappa shape index (κ2) is 10.1. The summed E-state index contributed by atoms with van der Waals surface area (Å²) in [4.78, 5) is 19.7. The van der Waals surface area contributed by atoms with Crippen molar-refractivity contribution in [3.05, 3.63) is 124 Å². The molecule has 0 aliphatic heterocycles. The number of carbonyl (C=O) groups is 1. The molecule has 0 saturated heterocycles. The topological polar surface area (TPSA) is 45.2 Å². The maximum Gasteiger partial charge on any atom is 0.255 e. The third-order valence-corrected chi connectivity index (χ3v) is 5.40. The van der Waals surface area contributed by atoms with E-state index in [1.807, 2.05) is 55.5 Å². The molecule has 0 atom stereocenters. The monoisotopic (exact) mass is 441 g/mol. The van der Waals surface area contributed by atoms with Crippen molar-refractivity contribution in [2.45, 2.75) is 20.0 Å². The van der Waals surface area contributed by atoms with Gasteiger partial charge in [0.25, 0.3) is 5.91 Å². The quantitative estimate of drug-likeness (QED) is 0.356. The summed E-state index contributed by atoms with van der Waals surface area (Å²) in [5.74, 6) is 0.645. The fourth-order valence-electron chi connectivity index (χ4n) is 3.51. The van der Waals surface area contributed by atoms with E-state index in [9.17, 15) is 4.79 Å². The Morgan fingerprint density at radius 2 is 1.47 bits per heavy atom. The molecule has 0 saturated carbocycles. The molecule has 4 rings (SSSR count). The van der Waals surface area contributed by atoms with Crippen LogP contribution >= 0.6 is 11.6 Å². The standard InChI is InChI=1S/C27H24ClN3O/c1-20-25(30-27(32)23-13-8-14-24(28)17-23)15-16-26(29-20)31(18-21-9-4-2-5-10-21)19-22-11-6-3-7-12-22/h2-17H,18-19H2,1H3,(H,30,32). The second-order valence-electron chi connectivity index (χ2n) is 7.59. The summed E-state index contributed by atoms with van der Waals surface area (Å²) < 4.78 is 0. The number of benzene rings is 3. The van der Waals surface area contributed by atoms with Crippen LogP contribution in [0.3, 0.4) is 0 Å². The first-order chi connectivity index (χ1) is 15.6. The molecule has 4 aromatic rings. The van der Waals surface area contributed by atoms with E-state index in [1.165, 1.54) is 11.1 Å². The van der Waals surface area contributed by atoms with Gasteiger partial charge in [-0.2, -0.15) is 0 Å². The van der Waals surface area contributed by atoms with Crippen LogP contribution in [0.5, 0.6) is 0 Å². The third-order valence-electron chi connectivity index (χ3n) is 5.16. The third kappa shape index (κ3) is 5.54.